The number of nitrogens with zero attached hydrogens (tertiary/aromatic N) is 3. The summed E-state index contributed by atoms with van der Waals surface area (Å²) in [4.78, 5) is 18.5. The second-order valence-corrected chi connectivity index (χ2v) is 8.18. The fraction of sp³-hybridized carbons (Fsp3) is 0.240. The monoisotopic (exact) mass is 411 g/mol. The van der Waals surface area contributed by atoms with E-state index < -0.39 is 0 Å². The number of carbonyl (C=O) groups excluding carboxylic acids is 1. The molecule has 2 aliphatic rings. The first-order valence-corrected chi connectivity index (χ1v) is 10.3. The fourth-order valence-electron chi connectivity index (χ4n) is 4.27. The summed E-state index contributed by atoms with van der Waals surface area (Å²) in [6, 6.07) is 18.7. The lowest BCUT2D eigenvalue weighted by Gasteiger charge is -2.15. The van der Waals surface area contributed by atoms with E-state index in [9.17, 15) is 4.79 Å². The van der Waals surface area contributed by atoms with Crippen molar-refractivity contribution in [3.05, 3.63) is 78.6 Å². The van der Waals surface area contributed by atoms with Crippen LogP contribution in [0, 0.1) is 22.8 Å². The van der Waals surface area contributed by atoms with Crippen LogP contribution < -0.4 is 4.74 Å². The van der Waals surface area contributed by atoms with Crippen LogP contribution in [-0.4, -0.2) is 35.5 Å². The summed E-state index contributed by atoms with van der Waals surface area (Å²) in [6.45, 7) is 1.83. The molecular formula is C25H21N3O3. The van der Waals surface area contributed by atoms with Gasteiger partial charge in [0, 0.05) is 36.5 Å². The zero-order valence-corrected chi connectivity index (χ0v) is 16.9. The van der Waals surface area contributed by atoms with Gasteiger partial charge in [-0.1, -0.05) is 30.3 Å². The molecule has 1 saturated carbocycles. The highest BCUT2D eigenvalue weighted by molar-refractivity contribution is 5.90. The minimum absolute atomic E-state index is 0.0231. The van der Waals surface area contributed by atoms with Gasteiger partial charge in [-0.05, 0) is 48.2 Å². The lowest BCUT2D eigenvalue weighted by atomic mass is 10.0. The summed E-state index contributed by atoms with van der Waals surface area (Å²) >= 11 is 0. The minimum atomic E-state index is -0.339. The maximum Gasteiger partial charge on any atom is 0.338 e. The molecule has 1 aromatic heterocycles. The molecule has 0 spiro atoms. The quantitative estimate of drug-likeness (QED) is 0.439. The Bertz CT molecular complexity index is 1140. The number of ether oxygens (including phenoxy) is 2. The van der Waals surface area contributed by atoms with Crippen LogP contribution in [0.3, 0.4) is 0 Å². The Labute approximate surface area is 180 Å². The number of carbonyl (C=O) groups is 1. The largest absolute Gasteiger partial charge is 0.461 e. The van der Waals surface area contributed by atoms with E-state index in [0.717, 1.165) is 29.8 Å². The van der Waals surface area contributed by atoms with E-state index in [1.807, 2.05) is 48.5 Å². The summed E-state index contributed by atoms with van der Waals surface area (Å²) in [5, 5.41) is 9.05. The predicted octanol–water partition coefficient (Wildman–Crippen LogP) is 4.50. The van der Waals surface area contributed by atoms with Gasteiger partial charge in [-0.2, -0.15) is 5.26 Å². The molecule has 31 heavy (non-hydrogen) atoms. The van der Waals surface area contributed by atoms with Crippen molar-refractivity contribution >= 4 is 5.97 Å². The van der Waals surface area contributed by atoms with E-state index in [1.54, 1.807) is 29.4 Å². The van der Waals surface area contributed by atoms with Gasteiger partial charge in [0.05, 0.1) is 12.2 Å². The van der Waals surface area contributed by atoms with Crippen molar-refractivity contribution < 1.29 is 14.3 Å². The van der Waals surface area contributed by atoms with Gasteiger partial charge in [-0.3, -0.25) is 4.98 Å². The van der Waals surface area contributed by atoms with E-state index in [-0.39, 0.29) is 11.4 Å². The van der Waals surface area contributed by atoms with Crippen molar-refractivity contribution in [3.63, 3.8) is 0 Å². The van der Waals surface area contributed by atoms with E-state index in [1.165, 1.54) is 0 Å². The number of benzene rings is 2. The van der Waals surface area contributed by atoms with Crippen LogP contribution >= 0.6 is 0 Å². The molecule has 5 rings (SSSR count). The summed E-state index contributed by atoms with van der Waals surface area (Å²) in [6.07, 6.45) is 6.66. The zero-order valence-electron chi connectivity index (χ0n) is 16.9. The van der Waals surface area contributed by atoms with Crippen molar-refractivity contribution in [1.82, 2.24) is 9.88 Å². The van der Waals surface area contributed by atoms with Gasteiger partial charge in [-0.25, -0.2) is 4.79 Å². The standard InChI is InChI=1S/C25H21N3O3/c26-17-28-14-20-12-25(20,15-28)16-30-24(29)19-8-6-18(7-9-19)22-13-27-11-10-23(22)31-21-4-2-1-3-5-21/h1-11,13,20H,12,14-16H2/t20?,25-/m1/s1. The van der Waals surface area contributed by atoms with Gasteiger partial charge in [0.25, 0.3) is 0 Å². The highest BCUT2D eigenvalue weighted by atomic mass is 16.5. The number of fused-ring (bicyclic) bond motifs is 1. The summed E-state index contributed by atoms with van der Waals surface area (Å²) in [7, 11) is 0. The zero-order chi connectivity index (χ0) is 21.3. The molecule has 154 valence electrons. The third-order valence-corrected chi connectivity index (χ3v) is 6.12. The molecule has 2 aromatic carbocycles. The van der Waals surface area contributed by atoms with E-state index in [2.05, 4.69) is 11.2 Å². The average molecular weight is 411 g/mol. The molecule has 2 atom stereocenters. The maximum atomic E-state index is 12.5. The molecule has 0 bridgehead atoms. The molecule has 0 radical (unpaired) electrons. The van der Waals surface area contributed by atoms with Crippen molar-refractivity contribution in [1.29, 1.82) is 5.26 Å². The van der Waals surface area contributed by atoms with Crippen LogP contribution in [0.5, 0.6) is 11.5 Å². The van der Waals surface area contributed by atoms with Crippen LogP contribution in [0.15, 0.2) is 73.1 Å². The number of rotatable bonds is 6. The van der Waals surface area contributed by atoms with Crippen LogP contribution in [0.25, 0.3) is 11.1 Å². The molecule has 1 aliphatic heterocycles. The summed E-state index contributed by atoms with van der Waals surface area (Å²) in [5.41, 5.74) is 2.22. The maximum absolute atomic E-state index is 12.5. The van der Waals surface area contributed by atoms with Crippen molar-refractivity contribution in [2.24, 2.45) is 11.3 Å². The van der Waals surface area contributed by atoms with E-state index in [4.69, 9.17) is 14.7 Å². The summed E-state index contributed by atoms with van der Waals surface area (Å²) < 4.78 is 11.6. The number of likely N-dealkylation sites (tertiary alicyclic amines) is 1. The Hall–Kier alpha value is -3.85. The number of nitriles is 1. The Morgan fingerprint density at radius 3 is 2.71 bits per heavy atom. The van der Waals surface area contributed by atoms with Gasteiger partial charge in [0.2, 0.25) is 0 Å². The second kappa shape index (κ2) is 7.77. The Morgan fingerprint density at radius 1 is 1.16 bits per heavy atom. The topological polar surface area (TPSA) is 75.5 Å². The lowest BCUT2D eigenvalue weighted by Crippen LogP contribution is -2.24. The molecule has 0 amide bonds. The molecule has 1 aliphatic carbocycles. The number of esters is 1. The van der Waals surface area contributed by atoms with Crippen LogP contribution in [0.1, 0.15) is 16.8 Å². The molecule has 2 heterocycles. The highest BCUT2D eigenvalue weighted by Crippen LogP contribution is 2.57. The first kappa shape index (κ1) is 19.1. The van der Waals surface area contributed by atoms with Crippen molar-refractivity contribution in [3.8, 4) is 28.8 Å². The molecule has 6 heteroatoms. The highest BCUT2D eigenvalue weighted by Gasteiger charge is 2.60. The number of para-hydroxylation sites is 1. The van der Waals surface area contributed by atoms with Crippen LogP contribution in [-0.2, 0) is 4.74 Å². The molecular weight excluding hydrogens is 390 g/mol. The van der Waals surface area contributed by atoms with Crippen molar-refractivity contribution in [2.45, 2.75) is 6.42 Å². The van der Waals surface area contributed by atoms with Crippen molar-refractivity contribution in [2.75, 3.05) is 19.7 Å². The second-order valence-electron chi connectivity index (χ2n) is 8.18. The minimum Gasteiger partial charge on any atom is -0.461 e. The SMILES string of the molecule is N#CN1CC2C[C@]2(COC(=O)c2ccc(-c3cnccc3Oc3ccccc3)cc2)C1. The first-order valence-electron chi connectivity index (χ1n) is 10.3. The lowest BCUT2D eigenvalue weighted by molar-refractivity contribution is 0.0411. The Morgan fingerprint density at radius 2 is 1.97 bits per heavy atom. The predicted molar refractivity (Wildman–Crippen MR) is 114 cm³/mol. The number of hydrogen-bond acceptors (Lipinski definition) is 6. The van der Waals surface area contributed by atoms with Crippen LogP contribution in [0.4, 0.5) is 0 Å². The third kappa shape index (κ3) is 3.82. The summed E-state index contributed by atoms with van der Waals surface area (Å²) in [5.74, 6) is 1.57. The first-order chi connectivity index (χ1) is 15.2. The third-order valence-electron chi connectivity index (χ3n) is 6.12. The molecule has 6 nitrogen and oxygen atoms in total. The van der Waals surface area contributed by atoms with Gasteiger partial charge in [0.1, 0.15) is 11.5 Å². The Kier molecular flexibility index (Phi) is 4.79. The number of aromatic nitrogens is 1. The Balaban J connectivity index is 1.27. The van der Waals surface area contributed by atoms with Gasteiger partial charge in [-0.15, -0.1) is 0 Å². The number of hydrogen-bond donors (Lipinski definition) is 0. The smallest absolute Gasteiger partial charge is 0.338 e. The van der Waals surface area contributed by atoms with E-state index in [0.29, 0.717) is 30.4 Å². The number of piperidine rings is 1. The normalized spacial score (nSPS) is 21.1. The molecule has 2 fully saturated rings. The molecule has 1 saturated heterocycles. The van der Waals surface area contributed by atoms with Crippen LogP contribution in [0.2, 0.25) is 0 Å². The molecule has 3 aromatic rings. The van der Waals surface area contributed by atoms with Gasteiger partial charge < -0.3 is 14.4 Å². The van der Waals surface area contributed by atoms with Gasteiger partial charge in [0.15, 0.2) is 6.19 Å². The molecule has 1 unspecified atom stereocenters. The molecule has 0 N–H and O–H groups in total. The number of pyridine rings is 1. The van der Waals surface area contributed by atoms with Gasteiger partial charge >= 0.3 is 5.97 Å². The fourth-order valence-corrected chi connectivity index (χ4v) is 4.27. The average Bonchev–Trinajstić information content (AvgIpc) is 3.38. The van der Waals surface area contributed by atoms with E-state index >= 15 is 0 Å².